The molecule has 4 heteroatoms. The van der Waals surface area contributed by atoms with Crippen LogP contribution in [0.4, 0.5) is 0 Å². The van der Waals surface area contributed by atoms with E-state index in [-0.39, 0.29) is 18.6 Å². The lowest BCUT2D eigenvalue weighted by Gasteiger charge is -2.10. The van der Waals surface area contributed by atoms with E-state index in [1.165, 1.54) is 12.8 Å². The third-order valence-corrected chi connectivity index (χ3v) is 2.10. The lowest BCUT2D eigenvalue weighted by Crippen LogP contribution is -2.41. The van der Waals surface area contributed by atoms with E-state index in [1.807, 2.05) is 0 Å². The maximum Gasteiger partial charge on any atom is 0.234 e. The molecular formula is C9H18N2O2. The standard InChI is InChI=1S/C9H18N2O2/c1-7(6-12)11-9(13)5-10-4-8-2-3-8/h7-8,10,12H,2-6H2,1H3,(H,11,13). The Kier molecular flexibility index (Phi) is 4.18. The molecular weight excluding hydrogens is 168 g/mol. The highest BCUT2D eigenvalue weighted by atomic mass is 16.3. The number of nitrogens with one attached hydrogen (secondary N) is 2. The van der Waals surface area contributed by atoms with E-state index in [9.17, 15) is 4.79 Å². The zero-order chi connectivity index (χ0) is 9.68. The molecule has 0 bridgehead atoms. The zero-order valence-electron chi connectivity index (χ0n) is 8.05. The smallest absolute Gasteiger partial charge is 0.234 e. The molecule has 1 unspecified atom stereocenters. The average Bonchev–Trinajstić information content (AvgIpc) is 2.88. The van der Waals surface area contributed by atoms with Crippen molar-refractivity contribution in [2.45, 2.75) is 25.8 Å². The molecule has 0 radical (unpaired) electrons. The van der Waals surface area contributed by atoms with Crippen LogP contribution in [-0.4, -0.2) is 36.8 Å². The molecule has 1 rings (SSSR count). The number of carbonyl (C=O) groups is 1. The van der Waals surface area contributed by atoms with Gasteiger partial charge in [-0.3, -0.25) is 4.79 Å². The Morgan fingerprint density at radius 3 is 2.85 bits per heavy atom. The second kappa shape index (κ2) is 5.19. The molecule has 1 aliphatic carbocycles. The van der Waals surface area contributed by atoms with Crippen molar-refractivity contribution in [3.63, 3.8) is 0 Å². The molecule has 0 saturated heterocycles. The van der Waals surface area contributed by atoms with Gasteiger partial charge >= 0.3 is 0 Å². The van der Waals surface area contributed by atoms with E-state index < -0.39 is 0 Å². The van der Waals surface area contributed by atoms with Crippen LogP contribution in [0, 0.1) is 5.92 Å². The van der Waals surface area contributed by atoms with E-state index >= 15 is 0 Å². The van der Waals surface area contributed by atoms with Crippen LogP contribution in [0.15, 0.2) is 0 Å². The molecule has 0 aromatic carbocycles. The van der Waals surface area contributed by atoms with Gasteiger partial charge in [0.15, 0.2) is 0 Å². The van der Waals surface area contributed by atoms with Crippen LogP contribution < -0.4 is 10.6 Å². The zero-order valence-corrected chi connectivity index (χ0v) is 8.05. The van der Waals surface area contributed by atoms with Crippen molar-refractivity contribution < 1.29 is 9.90 Å². The van der Waals surface area contributed by atoms with E-state index in [1.54, 1.807) is 6.92 Å². The minimum absolute atomic E-state index is 0.00559. The van der Waals surface area contributed by atoms with Crippen LogP contribution >= 0.6 is 0 Å². The van der Waals surface area contributed by atoms with Gasteiger partial charge in [0.25, 0.3) is 0 Å². The Morgan fingerprint density at radius 1 is 1.62 bits per heavy atom. The summed E-state index contributed by atoms with van der Waals surface area (Å²) in [5.74, 6) is 0.755. The molecule has 76 valence electrons. The number of aliphatic hydroxyl groups is 1. The molecule has 0 heterocycles. The van der Waals surface area contributed by atoms with Crippen LogP contribution in [0.5, 0.6) is 0 Å². The average molecular weight is 186 g/mol. The maximum absolute atomic E-state index is 11.1. The predicted octanol–water partition coefficient (Wildman–Crippen LogP) is -0.517. The van der Waals surface area contributed by atoms with Crippen molar-refractivity contribution in [2.75, 3.05) is 19.7 Å². The molecule has 3 N–H and O–H groups in total. The van der Waals surface area contributed by atoms with Gasteiger partial charge in [-0.1, -0.05) is 0 Å². The maximum atomic E-state index is 11.1. The minimum atomic E-state index is -0.143. The summed E-state index contributed by atoms with van der Waals surface area (Å²) in [7, 11) is 0. The third kappa shape index (κ3) is 4.85. The molecule has 1 aliphatic rings. The van der Waals surface area contributed by atoms with Crippen molar-refractivity contribution in [3.8, 4) is 0 Å². The highest BCUT2D eigenvalue weighted by Gasteiger charge is 2.20. The fraction of sp³-hybridized carbons (Fsp3) is 0.889. The summed E-state index contributed by atoms with van der Waals surface area (Å²) in [6, 6.07) is -0.143. The highest BCUT2D eigenvalue weighted by Crippen LogP contribution is 2.27. The van der Waals surface area contributed by atoms with Crippen molar-refractivity contribution in [1.29, 1.82) is 0 Å². The summed E-state index contributed by atoms with van der Waals surface area (Å²) in [5.41, 5.74) is 0. The van der Waals surface area contributed by atoms with Gasteiger partial charge in [-0.2, -0.15) is 0 Å². The number of hydrogen-bond acceptors (Lipinski definition) is 3. The minimum Gasteiger partial charge on any atom is -0.394 e. The second-order valence-corrected chi connectivity index (χ2v) is 3.73. The van der Waals surface area contributed by atoms with Gasteiger partial charge in [0.05, 0.1) is 13.2 Å². The van der Waals surface area contributed by atoms with Crippen molar-refractivity contribution in [1.82, 2.24) is 10.6 Å². The first-order valence-corrected chi connectivity index (χ1v) is 4.83. The summed E-state index contributed by atoms with van der Waals surface area (Å²) >= 11 is 0. The van der Waals surface area contributed by atoms with E-state index in [4.69, 9.17) is 5.11 Å². The third-order valence-electron chi connectivity index (χ3n) is 2.10. The lowest BCUT2D eigenvalue weighted by atomic mass is 10.3. The number of hydrogen-bond donors (Lipinski definition) is 3. The van der Waals surface area contributed by atoms with Crippen molar-refractivity contribution in [2.24, 2.45) is 5.92 Å². The number of carbonyl (C=O) groups excluding carboxylic acids is 1. The van der Waals surface area contributed by atoms with Gasteiger partial charge < -0.3 is 15.7 Å². The Bertz CT molecular complexity index is 169. The Balaban J connectivity index is 1.96. The van der Waals surface area contributed by atoms with Crippen molar-refractivity contribution in [3.05, 3.63) is 0 Å². The first-order chi connectivity index (χ1) is 6.22. The molecule has 1 fully saturated rings. The molecule has 0 aliphatic heterocycles. The SMILES string of the molecule is CC(CO)NC(=O)CNCC1CC1. The summed E-state index contributed by atoms with van der Waals surface area (Å²) in [6.45, 7) is 3.08. The van der Waals surface area contributed by atoms with Crippen molar-refractivity contribution >= 4 is 5.91 Å². The van der Waals surface area contributed by atoms with Gasteiger partial charge in [-0.05, 0) is 32.2 Å². The van der Waals surface area contributed by atoms with Gasteiger partial charge in [0, 0.05) is 6.04 Å². The Labute approximate surface area is 78.7 Å². The van der Waals surface area contributed by atoms with Crippen LogP contribution in [0.1, 0.15) is 19.8 Å². The number of rotatable bonds is 6. The summed E-state index contributed by atoms with van der Waals surface area (Å²) < 4.78 is 0. The second-order valence-electron chi connectivity index (χ2n) is 3.73. The van der Waals surface area contributed by atoms with Crippen LogP contribution in [0.25, 0.3) is 0 Å². The summed E-state index contributed by atoms with van der Waals surface area (Å²) in [4.78, 5) is 11.1. The largest absolute Gasteiger partial charge is 0.394 e. The lowest BCUT2D eigenvalue weighted by molar-refractivity contribution is -0.121. The Morgan fingerprint density at radius 2 is 2.31 bits per heavy atom. The molecule has 1 amide bonds. The van der Waals surface area contributed by atoms with Gasteiger partial charge in [0.2, 0.25) is 5.91 Å². The first kappa shape index (κ1) is 10.5. The molecule has 4 nitrogen and oxygen atoms in total. The van der Waals surface area contributed by atoms with Gasteiger partial charge in [-0.15, -0.1) is 0 Å². The van der Waals surface area contributed by atoms with Crippen LogP contribution in [0.2, 0.25) is 0 Å². The van der Waals surface area contributed by atoms with E-state index in [2.05, 4.69) is 10.6 Å². The highest BCUT2D eigenvalue weighted by molar-refractivity contribution is 5.78. The number of aliphatic hydroxyl groups excluding tert-OH is 1. The summed E-state index contributed by atoms with van der Waals surface area (Å²) in [6.07, 6.45) is 2.59. The van der Waals surface area contributed by atoms with Crippen LogP contribution in [0.3, 0.4) is 0 Å². The van der Waals surface area contributed by atoms with E-state index in [0.29, 0.717) is 6.54 Å². The van der Waals surface area contributed by atoms with Crippen LogP contribution in [-0.2, 0) is 4.79 Å². The molecule has 13 heavy (non-hydrogen) atoms. The summed E-state index contributed by atoms with van der Waals surface area (Å²) in [5, 5.41) is 14.4. The number of amides is 1. The first-order valence-electron chi connectivity index (χ1n) is 4.83. The van der Waals surface area contributed by atoms with Gasteiger partial charge in [-0.25, -0.2) is 0 Å². The van der Waals surface area contributed by atoms with Gasteiger partial charge in [0.1, 0.15) is 0 Å². The monoisotopic (exact) mass is 186 g/mol. The predicted molar refractivity (Wildman–Crippen MR) is 50.3 cm³/mol. The molecule has 0 aromatic heterocycles. The fourth-order valence-electron chi connectivity index (χ4n) is 1.08. The normalized spacial score (nSPS) is 18.3. The Hall–Kier alpha value is -0.610. The molecule has 1 atom stereocenters. The van der Waals surface area contributed by atoms with E-state index in [0.717, 1.165) is 12.5 Å². The molecule has 0 aromatic rings. The molecule has 1 saturated carbocycles. The topological polar surface area (TPSA) is 61.4 Å². The molecule has 0 spiro atoms. The fourth-order valence-corrected chi connectivity index (χ4v) is 1.08. The quantitative estimate of drug-likeness (QED) is 0.523.